The molecule has 0 saturated carbocycles. The third-order valence-corrected chi connectivity index (χ3v) is 4.84. The van der Waals surface area contributed by atoms with Crippen LogP contribution in [-0.2, 0) is 11.3 Å². The predicted octanol–water partition coefficient (Wildman–Crippen LogP) is 5.10. The van der Waals surface area contributed by atoms with Crippen LogP contribution in [0.4, 0.5) is 11.4 Å². The van der Waals surface area contributed by atoms with Crippen molar-refractivity contribution in [3.63, 3.8) is 0 Å². The fourth-order valence-corrected chi connectivity index (χ4v) is 3.40. The van der Waals surface area contributed by atoms with Gasteiger partial charge in [0, 0.05) is 40.9 Å². The number of nitrogens with zero attached hydrogens (tertiary/aromatic N) is 1. The molecule has 0 radical (unpaired) electrons. The van der Waals surface area contributed by atoms with Crippen LogP contribution in [0, 0.1) is 0 Å². The molecule has 1 N–H and O–H groups in total. The Balaban J connectivity index is 1.70. The summed E-state index contributed by atoms with van der Waals surface area (Å²) in [4.78, 5) is 2.24. The van der Waals surface area contributed by atoms with Crippen LogP contribution in [0.15, 0.2) is 36.4 Å². The van der Waals surface area contributed by atoms with E-state index in [4.69, 9.17) is 39.5 Å². The van der Waals surface area contributed by atoms with E-state index in [9.17, 15) is 0 Å². The molecule has 122 valence electrons. The van der Waals surface area contributed by atoms with Crippen LogP contribution in [0.2, 0.25) is 15.1 Å². The molecule has 1 aliphatic rings. The van der Waals surface area contributed by atoms with E-state index in [0.717, 1.165) is 48.3 Å². The van der Waals surface area contributed by atoms with Crippen LogP contribution in [-0.4, -0.2) is 26.3 Å². The van der Waals surface area contributed by atoms with Crippen molar-refractivity contribution in [1.29, 1.82) is 0 Å². The lowest BCUT2D eigenvalue weighted by Gasteiger charge is -2.29. The van der Waals surface area contributed by atoms with E-state index in [-0.39, 0.29) is 0 Å². The predicted molar refractivity (Wildman–Crippen MR) is 98.3 cm³/mol. The molecule has 23 heavy (non-hydrogen) atoms. The maximum Gasteiger partial charge on any atom is 0.0660 e. The van der Waals surface area contributed by atoms with Crippen molar-refractivity contribution in [2.24, 2.45) is 0 Å². The van der Waals surface area contributed by atoms with Gasteiger partial charge in [0.05, 0.1) is 23.9 Å². The number of nitrogens with one attached hydrogen (secondary N) is 1. The standard InChI is InChI=1S/C17H17Cl3N2O/c18-14-2-1-3-15(19)13(14)11-21-12-4-5-17(16(20)10-12)22-6-8-23-9-7-22/h1-5,10,21H,6-9,11H2. The van der Waals surface area contributed by atoms with E-state index in [1.54, 1.807) is 0 Å². The lowest BCUT2D eigenvalue weighted by molar-refractivity contribution is 0.122. The first kappa shape index (κ1) is 16.7. The third-order valence-electron chi connectivity index (χ3n) is 3.83. The van der Waals surface area contributed by atoms with E-state index in [1.807, 2.05) is 36.4 Å². The number of hydrogen-bond acceptors (Lipinski definition) is 3. The average molecular weight is 372 g/mol. The van der Waals surface area contributed by atoms with Crippen LogP contribution in [0.25, 0.3) is 0 Å². The zero-order valence-corrected chi connectivity index (χ0v) is 14.8. The third kappa shape index (κ3) is 4.04. The van der Waals surface area contributed by atoms with Crippen molar-refractivity contribution in [1.82, 2.24) is 0 Å². The quantitative estimate of drug-likeness (QED) is 0.809. The van der Waals surface area contributed by atoms with Crippen LogP contribution in [0.3, 0.4) is 0 Å². The molecule has 1 fully saturated rings. The molecule has 3 rings (SSSR count). The number of halogens is 3. The Kier molecular flexibility index (Phi) is 5.54. The van der Waals surface area contributed by atoms with E-state index >= 15 is 0 Å². The molecule has 2 aromatic rings. The summed E-state index contributed by atoms with van der Waals surface area (Å²) in [5.41, 5.74) is 2.85. The maximum atomic E-state index is 6.43. The van der Waals surface area contributed by atoms with Crippen LogP contribution < -0.4 is 10.2 Å². The Labute approximate surface area is 151 Å². The monoisotopic (exact) mass is 370 g/mol. The zero-order chi connectivity index (χ0) is 16.2. The number of hydrogen-bond donors (Lipinski definition) is 1. The van der Waals surface area contributed by atoms with Crippen molar-refractivity contribution in [2.45, 2.75) is 6.54 Å². The number of ether oxygens (including phenoxy) is 1. The molecule has 2 aromatic carbocycles. The summed E-state index contributed by atoms with van der Waals surface area (Å²) in [6.45, 7) is 3.75. The highest BCUT2D eigenvalue weighted by atomic mass is 35.5. The molecule has 0 unspecified atom stereocenters. The van der Waals surface area contributed by atoms with Gasteiger partial charge in [-0.05, 0) is 30.3 Å². The van der Waals surface area contributed by atoms with Crippen LogP contribution in [0.5, 0.6) is 0 Å². The smallest absolute Gasteiger partial charge is 0.0660 e. The largest absolute Gasteiger partial charge is 0.381 e. The van der Waals surface area contributed by atoms with E-state index in [1.165, 1.54) is 0 Å². The molecular weight excluding hydrogens is 355 g/mol. The Morgan fingerprint density at radius 3 is 2.30 bits per heavy atom. The second-order valence-corrected chi connectivity index (χ2v) is 6.54. The molecular formula is C17H17Cl3N2O. The highest BCUT2D eigenvalue weighted by Gasteiger charge is 2.14. The van der Waals surface area contributed by atoms with Crippen molar-refractivity contribution in [3.05, 3.63) is 57.0 Å². The van der Waals surface area contributed by atoms with E-state index in [0.29, 0.717) is 16.6 Å². The minimum absolute atomic E-state index is 0.547. The molecule has 0 aliphatic carbocycles. The lowest BCUT2D eigenvalue weighted by atomic mass is 10.2. The molecule has 0 atom stereocenters. The first-order valence-electron chi connectivity index (χ1n) is 7.44. The van der Waals surface area contributed by atoms with Crippen LogP contribution >= 0.6 is 34.8 Å². The summed E-state index contributed by atoms with van der Waals surface area (Å²) in [6, 6.07) is 11.5. The zero-order valence-electron chi connectivity index (χ0n) is 12.5. The summed E-state index contributed by atoms with van der Waals surface area (Å²) in [5, 5.41) is 5.35. The van der Waals surface area contributed by atoms with Gasteiger partial charge in [-0.25, -0.2) is 0 Å². The fourth-order valence-electron chi connectivity index (χ4n) is 2.57. The van der Waals surface area contributed by atoms with Gasteiger partial charge in [-0.15, -0.1) is 0 Å². The second-order valence-electron chi connectivity index (χ2n) is 5.32. The minimum atomic E-state index is 0.547. The van der Waals surface area contributed by atoms with Crippen molar-refractivity contribution in [3.8, 4) is 0 Å². The highest BCUT2D eigenvalue weighted by Crippen LogP contribution is 2.30. The van der Waals surface area contributed by atoms with Gasteiger partial charge < -0.3 is 15.0 Å². The Morgan fingerprint density at radius 2 is 1.65 bits per heavy atom. The van der Waals surface area contributed by atoms with Gasteiger partial charge in [-0.3, -0.25) is 0 Å². The molecule has 1 aliphatic heterocycles. The lowest BCUT2D eigenvalue weighted by Crippen LogP contribution is -2.36. The second kappa shape index (κ2) is 7.63. The van der Waals surface area contributed by atoms with E-state index < -0.39 is 0 Å². The van der Waals surface area contributed by atoms with Crippen LogP contribution in [0.1, 0.15) is 5.56 Å². The summed E-state index contributed by atoms with van der Waals surface area (Å²) in [7, 11) is 0. The molecule has 1 heterocycles. The fraction of sp³-hybridized carbons (Fsp3) is 0.294. The Morgan fingerprint density at radius 1 is 0.957 bits per heavy atom. The SMILES string of the molecule is Clc1cc(NCc2c(Cl)cccc2Cl)ccc1N1CCOCC1. The van der Waals surface area contributed by atoms with Gasteiger partial charge in [0.25, 0.3) is 0 Å². The number of anilines is 2. The average Bonchev–Trinajstić information content (AvgIpc) is 2.55. The van der Waals surface area contributed by atoms with Gasteiger partial charge in [-0.2, -0.15) is 0 Å². The number of rotatable bonds is 4. The topological polar surface area (TPSA) is 24.5 Å². The summed E-state index contributed by atoms with van der Waals surface area (Å²) in [6.07, 6.45) is 0. The van der Waals surface area contributed by atoms with Crippen molar-refractivity contribution < 1.29 is 4.74 Å². The molecule has 6 heteroatoms. The molecule has 0 bridgehead atoms. The van der Waals surface area contributed by atoms with Gasteiger partial charge in [-0.1, -0.05) is 40.9 Å². The summed E-state index contributed by atoms with van der Waals surface area (Å²) < 4.78 is 5.37. The highest BCUT2D eigenvalue weighted by molar-refractivity contribution is 6.36. The van der Waals surface area contributed by atoms with Gasteiger partial charge in [0.15, 0.2) is 0 Å². The Hall–Kier alpha value is -1.13. The van der Waals surface area contributed by atoms with E-state index in [2.05, 4.69) is 10.2 Å². The first-order chi connectivity index (χ1) is 11.1. The van der Waals surface area contributed by atoms with Gasteiger partial charge >= 0.3 is 0 Å². The number of morpholine rings is 1. The Bertz CT molecular complexity index is 667. The normalized spacial score (nSPS) is 14.8. The molecule has 0 spiro atoms. The summed E-state index contributed by atoms with van der Waals surface area (Å²) in [5.74, 6) is 0. The first-order valence-corrected chi connectivity index (χ1v) is 8.57. The number of benzene rings is 2. The molecule has 1 saturated heterocycles. The van der Waals surface area contributed by atoms with Crippen molar-refractivity contribution in [2.75, 3.05) is 36.5 Å². The molecule has 0 amide bonds. The van der Waals surface area contributed by atoms with Crippen molar-refractivity contribution >= 4 is 46.2 Å². The summed E-state index contributed by atoms with van der Waals surface area (Å²) >= 11 is 18.8. The molecule has 0 aromatic heterocycles. The van der Waals surface area contributed by atoms with Gasteiger partial charge in [0.2, 0.25) is 0 Å². The minimum Gasteiger partial charge on any atom is -0.381 e. The van der Waals surface area contributed by atoms with Gasteiger partial charge in [0.1, 0.15) is 0 Å². The molecule has 3 nitrogen and oxygen atoms in total. The maximum absolute atomic E-state index is 6.43.